The highest BCUT2D eigenvalue weighted by atomic mass is 31.2. The monoisotopic (exact) mass is 757 g/mol. The fourth-order valence-electron chi connectivity index (χ4n) is 6.25. The van der Waals surface area contributed by atoms with Crippen molar-refractivity contribution in [3.63, 3.8) is 0 Å². The maximum Gasteiger partial charge on any atom is 0.469 e. The van der Waals surface area contributed by atoms with Gasteiger partial charge in [-0.15, -0.1) is 0 Å². The number of carbonyl (C=O) groups excluding carboxylic acids is 2. The first-order chi connectivity index (χ1) is 25.3. The lowest BCUT2D eigenvalue weighted by Crippen LogP contribution is -2.29. The lowest BCUT2D eigenvalue weighted by atomic mass is 10.0. The van der Waals surface area contributed by atoms with E-state index in [1.165, 1.54) is 122 Å². The second-order valence-corrected chi connectivity index (χ2v) is 15.9. The van der Waals surface area contributed by atoms with Crippen LogP contribution in [0.25, 0.3) is 0 Å². The average Bonchev–Trinajstić information content (AvgIpc) is 3.11. The summed E-state index contributed by atoms with van der Waals surface area (Å²) >= 11 is 0. The van der Waals surface area contributed by atoms with E-state index in [0.717, 1.165) is 57.8 Å². The number of hydrogen-bond donors (Lipinski definition) is 2. The summed E-state index contributed by atoms with van der Waals surface area (Å²) < 4.78 is 26.4. The SMILES string of the molecule is CCCCCC/C=C/C=C/CCCCCCCC(=O)OC[C@H](COP(=O)(O)O)OC(=O)CCCCCCCCCCCCCCCCCCCCC. The molecule has 0 aromatic carbocycles. The van der Waals surface area contributed by atoms with Crippen LogP contribution in [-0.4, -0.2) is 41.0 Å². The van der Waals surface area contributed by atoms with Gasteiger partial charge in [0.25, 0.3) is 0 Å². The highest BCUT2D eigenvalue weighted by Gasteiger charge is 2.22. The fraction of sp³-hybridized carbons (Fsp3) is 0.860. The molecule has 0 amide bonds. The van der Waals surface area contributed by atoms with Crippen molar-refractivity contribution in [1.29, 1.82) is 0 Å². The van der Waals surface area contributed by atoms with Gasteiger partial charge < -0.3 is 19.3 Å². The summed E-state index contributed by atoms with van der Waals surface area (Å²) in [6.45, 7) is 3.67. The summed E-state index contributed by atoms with van der Waals surface area (Å²) in [6.07, 6.45) is 44.7. The molecule has 306 valence electrons. The van der Waals surface area contributed by atoms with Gasteiger partial charge in [0.2, 0.25) is 0 Å². The van der Waals surface area contributed by atoms with Gasteiger partial charge in [-0.25, -0.2) is 4.57 Å². The molecule has 0 heterocycles. The quantitative estimate of drug-likeness (QED) is 0.0274. The molecule has 0 aromatic heterocycles. The molecule has 9 heteroatoms. The van der Waals surface area contributed by atoms with E-state index in [4.69, 9.17) is 19.3 Å². The number of esters is 2. The molecule has 0 saturated carbocycles. The zero-order valence-electron chi connectivity index (χ0n) is 33.7. The van der Waals surface area contributed by atoms with Gasteiger partial charge in [0.1, 0.15) is 6.61 Å². The molecule has 2 N–H and O–H groups in total. The molecule has 0 bridgehead atoms. The molecule has 0 radical (unpaired) electrons. The Morgan fingerprint density at radius 2 is 0.846 bits per heavy atom. The molecule has 0 aromatic rings. The van der Waals surface area contributed by atoms with Crippen LogP contribution >= 0.6 is 7.82 Å². The van der Waals surface area contributed by atoms with Crippen LogP contribution in [0.1, 0.15) is 219 Å². The van der Waals surface area contributed by atoms with Crippen molar-refractivity contribution in [3.05, 3.63) is 24.3 Å². The fourth-order valence-corrected chi connectivity index (χ4v) is 6.61. The van der Waals surface area contributed by atoms with Crippen molar-refractivity contribution in [2.75, 3.05) is 13.2 Å². The van der Waals surface area contributed by atoms with Gasteiger partial charge in [0, 0.05) is 12.8 Å². The molecule has 0 aliphatic carbocycles. The Bertz CT molecular complexity index is 900. The first kappa shape index (κ1) is 50.5. The van der Waals surface area contributed by atoms with E-state index < -0.39 is 32.5 Å². The summed E-state index contributed by atoms with van der Waals surface area (Å²) in [7, 11) is -4.75. The van der Waals surface area contributed by atoms with Crippen LogP contribution in [0.2, 0.25) is 0 Å². The van der Waals surface area contributed by atoms with Crippen LogP contribution in [0.4, 0.5) is 0 Å². The molecule has 0 unspecified atom stereocenters. The number of rotatable bonds is 40. The Labute approximate surface area is 319 Å². The lowest BCUT2D eigenvalue weighted by molar-refractivity contribution is -0.161. The third-order valence-corrected chi connectivity index (χ3v) is 9.99. The molecule has 0 rings (SSSR count). The van der Waals surface area contributed by atoms with Crippen molar-refractivity contribution in [1.82, 2.24) is 0 Å². The van der Waals surface area contributed by atoms with Gasteiger partial charge in [-0.1, -0.05) is 192 Å². The molecular weight excluding hydrogens is 675 g/mol. The first-order valence-corrected chi connectivity index (χ1v) is 23.2. The van der Waals surface area contributed by atoms with Gasteiger partial charge in [0.05, 0.1) is 6.61 Å². The van der Waals surface area contributed by atoms with Crippen LogP contribution in [0.5, 0.6) is 0 Å². The van der Waals surface area contributed by atoms with Gasteiger partial charge in [-0.05, 0) is 38.5 Å². The highest BCUT2D eigenvalue weighted by Crippen LogP contribution is 2.36. The van der Waals surface area contributed by atoms with Crippen molar-refractivity contribution in [3.8, 4) is 0 Å². The maximum absolute atomic E-state index is 12.4. The zero-order chi connectivity index (χ0) is 38.2. The van der Waals surface area contributed by atoms with Crippen LogP contribution in [0.3, 0.4) is 0 Å². The van der Waals surface area contributed by atoms with Crippen LogP contribution in [0, 0.1) is 0 Å². The third kappa shape index (κ3) is 41.3. The Kier molecular flexibility index (Phi) is 38.1. The molecule has 52 heavy (non-hydrogen) atoms. The van der Waals surface area contributed by atoms with E-state index >= 15 is 0 Å². The van der Waals surface area contributed by atoms with E-state index in [-0.39, 0.29) is 19.4 Å². The highest BCUT2D eigenvalue weighted by molar-refractivity contribution is 7.46. The minimum Gasteiger partial charge on any atom is -0.462 e. The van der Waals surface area contributed by atoms with E-state index in [0.29, 0.717) is 12.8 Å². The Balaban J connectivity index is 3.89. The van der Waals surface area contributed by atoms with E-state index in [2.05, 4.69) is 42.7 Å². The van der Waals surface area contributed by atoms with Gasteiger partial charge in [0.15, 0.2) is 6.10 Å². The second-order valence-electron chi connectivity index (χ2n) is 14.7. The number of hydrogen-bond acceptors (Lipinski definition) is 6. The average molecular weight is 757 g/mol. The molecule has 0 aliphatic rings. The summed E-state index contributed by atoms with van der Waals surface area (Å²) in [5.74, 6) is -0.893. The van der Waals surface area contributed by atoms with E-state index in [9.17, 15) is 14.2 Å². The van der Waals surface area contributed by atoms with Crippen LogP contribution < -0.4 is 0 Å². The molecule has 0 aliphatic heterocycles. The number of phosphoric ester groups is 1. The number of phosphoric acid groups is 1. The van der Waals surface area contributed by atoms with Gasteiger partial charge in [-0.2, -0.15) is 0 Å². The normalized spacial score (nSPS) is 12.6. The topological polar surface area (TPSA) is 119 Å². The minimum atomic E-state index is -4.75. The predicted octanol–water partition coefficient (Wildman–Crippen LogP) is 13.2. The van der Waals surface area contributed by atoms with Crippen molar-refractivity contribution < 1.29 is 37.9 Å². The molecule has 8 nitrogen and oxygen atoms in total. The molecule has 0 saturated heterocycles. The summed E-state index contributed by atoms with van der Waals surface area (Å²) in [4.78, 5) is 42.9. The molecule has 1 atom stereocenters. The first-order valence-electron chi connectivity index (χ1n) is 21.6. The lowest BCUT2D eigenvalue weighted by Gasteiger charge is -2.18. The molecule has 0 fully saturated rings. The number of allylic oxidation sites excluding steroid dienone is 4. The standard InChI is InChI=1S/C43H81O8P/c1-3-5-7-9-11-13-15-17-19-20-21-22-24-26-28-30-32-34-36-38-43(45)51-41(40-50-52(46,47)48)39-49-42(44)37-35-33-31-29-27-25-23-18-16-14-12-10-8-6-4-2/h14,16,18,23,41H,3-13,15,17,19-22,24-40H2,1-2H3,(H2,46,47,48)/b16-14+,23-18+/t41-/m1/s1. The van der Waals surface area contributed by atoms with E-state index in [1.54, 1.807) is 0 Å². The number of unbranched alkanes of at least 4 members (excludes halogenated alkanes) is 27. The Morgan fingerprint density at radius 1 is 0.500 bits per heavy atom. The van der Waals surface area contributed by atoms with Crippen molar-refractivity contribution in [2.45, 2.75) is 225 Å². The summed E-state index contributed by atoms with van der Waals surface area (Å²) in [5.41, 5.74) is 0. The summed E-state index contributed by atoms with van der Waals surface area (Å²) in [5, 5.41) is 0. The van der Waals surface area contributed by atoms with Gasteiger partial charge >= 0.3 is 19.8 Å². The van der Waals surface area contributed by atoms with Crippen molar-refractivity contribution in [2.24, 2.45) is 0 Å². The minimum absolute atomic E-state index is 0.213. The Morgan fingerprint density at radius 3 is 1.25 bits per heavy atom. The maximum atomic E-state index is 12.4. The third-order valence-electron chi connectivity index (χ3n) is 9.50. The van der Waals surface area contributed by atoms with Gasteiger partial charge in [-0.3, -0.25) is 14.1 Å². The van der Waals surface area contributed by atoms with E-state index in [1.807, 2.05) is 0 Å². The Hall–Kier alpha value is -1.47. The van der Waals surface area contributed by atoms with Crippen LogP contribution in [-0.2, 0) is 28.2 Å². The number of carbonyl (C=O) groups is 2. The molecular formula is C43H81O8P. The smallest absolute Gasteiger partial charge is 0.462 e. The zero-order valence-corrected chi connectivity index (χ0v) is 34.6. The largest absolute Gasteiger partial charge is 0.469 e. The summed E-state index contributed by atoms with van der Waals surface area (Å²) in [6, 6.07) is 0. The van der Waals surface area contributed by atoms with Crippen LogP contribution in [0.15, 0.2) is 24.3 Å². The predicted molar refractivity (Wildman–Crippen MR) is 216 cm³/mol. The van der Waals surface area contributed by atoms with Crippen molar-refractivity contribution >= 4 is 19.8 Å². The second kappa shape index (κ2) is 39.2. The molecule has 0 spiro atoms. The number of ether oxygens (including phenoxy) is 2.